The molecule has 1 aliphatic heterocycles. The minimum atomic E-state index is 0.00199. The van der Waals surface area contributed by atoms with Crippen molar-refractivity contribution < 1.29 is 4.79 Å². The number of nitrogen functional groups attached to an aromatic ring is 1. The van der Waals surface area contributed by atoms with Crippen LogP contribution < -0.4 is 10.6 Å². The van der Waals surface area contributed by atoms with Crippen molar-refractivity contribution >= 4 is 17.3 Å². The molecule has 5 heteroatoms. The van der Waals surface area contributed by atoms with Crippen LogP contribution in [-0.4, -0.2) is 22.2 Å². The van der Waals surface area contributed by atoms with Crippen molar-refractivity contribution in [2.45, 2.75) is 19.8 Å². The van der Waals surface area contributed by atoms with Crippen molar-refractivity contribution in [1.82, 2.24) is 9.78 Å². The van der Waals surface area contributed by atoms with Gasteiger partial charge in [0.1, 0.15) is 0 Å². The molecule has 5 nitrogen and oxygen atoms in total. The highest BCUT2D eigenvalue weighted by molar-refractivity contribution is 6.07. The van der Waals surface area contributed by atoms with Gasteiger partial charge in [0.05, 0.1) is 11.8 Å². The molecule has 1 amide bonds. The van der Waals surface area contributed by atoms with Crippen LogP contribution in [0.15, 0.2) is 24.4 Å². The summed E-state index contributed by atoms with van der Waals surface area (Å²) in [5, 5.41) is 4.15. The maximum atomic E-state index is 12.7. The molecule has 1 aromatic carbocycles. The molecule has 3 rings (SSSR count). The number of rotatable bonds is 1. The van der Waals surface area contributed by atoms with Crippen LogP contribution in [0.3, 0.4) is 0 Å². The minimum absolute atomic E-state index is 0.00199. The Bertz CT molecular complexity index is 675. The number of aryl methyl sites for hydroxylation is 1. The third-order valence-corrected chi connectivity index (χ3v) is 4.00. The maximum absolute atomic E-state index is 12.7. The maximum Gasteiger partial charge on any atom is 0.261 e. The van der Waals surface area contributed by atoms with E-state index in [0.717, 1.165) is 42.0 Å². The van der Waals surface area contributed by atoms with Crippen LogP contribution in [0.5, 0.6) is 0 Å². The first kappa shape index (κ1) is 12.7. The molecule has 0 bridgehead atoms. The fourth-order valence-electron chi connectivity index (χ4n) is 2.72. The van der Waals surface area contributed by atoms with Gasteiger partial charge in [0, 0.05) is 30.7 Å². The number of nitrogens with zero attached hydrogens (tertiary/aromatic N) is 3. The zero-order valence-electron chi connectivity index (χ0n) is 11.8. The lowest BCUT2D eigenvalue weighted by molar-refractivity contribution is 0.0984. The van der Waals surface area contributed by atoms with Gasteiger partial charge < -0.3 is 10.6 Å². The fourth-order valence-corrected chi connectivity index (χ4v) is 2.72. The molecule has 20 heavy (non-hydrogen) atoms. The monoisotopic (exact) mass is 270 g/mol. The highest BCUT2D eigenvalue weighted by Crippen LogP contribution is 2.32. The predicted molar refractivity (Wildman–Crippen MR) is 78.8 cm³/mol. The lowest BCUT2D eigenvalue weighted by atomic mass is 9.99. The molecule has 104 valence electrons. The lowest BCUT2D eigenvalue weighted by Crippen LogP contribution is -2.36. The Hall–Kier alpha value is -2.30. The second-order valence-corrected chi connectivity index (χ2v) is 5.17. The van der Waals surface area contributed by atoms with Gasteiger partial charge in [-0.05, 0) is 37.5 Å². The summed E-state index contributed by atoms with van der Waals surface area (Å²) in [5.41, 5.74) is 10.3. The van der Waals surface area contributed by atoms with E-state index in [2.05, 4.69) is 5.10 Å². The van der Waals surface area contributed by atoms with Gasteiger partial charge in [0.25, 0.3) is 5.91 Å². The molecular formula is C15H18N4O. The number of benzene rings is 1. The van der Waals surface area contributed by atoms with Gasteiger partial charge in [-0.15, -0.1) is 0 Å². The number of amides is 1. The molecule has 0 atom stereocenters. The molecule has 0 radical (unpaired) electrons. The summed E-state index contributed by atoms with van der Waals surface area (Å²) in [5.74, 6) is 0.00199. The van der Waals surface area contributed by atoms with Gasteiger partial charge in [-0.2, -0.15) is 5.10 Å². The standard InChI is InChI=1S/C15H18N4O/c1-10-12(9-17-18(10)2)15(20)19-8-4-5-11-13(16)6-3-7-14(11)19/h3,6-7,9H,4-5,8,16H2,1-2H3. The molecular weight excluding hydrogens is 252 g/mol. The average Bonchev–Trinajstić information content (AvgIpc) is 2.78. The second-order valence-electron chi connectivity index (χ2n) is 5.17. The summed E-state index contributed by atoms with van der Waals surface area (Å²) in [7, 11) is 1.84. The molecule has 0 saturated heterocycles. The van der Waals surface area contributed by atoms with Crippen molar-refractivity contribution in [3.63, 3.8) is 0 Å². The van der Waals surface area contributed by atoms with Gasteiger partial charge in [-0.3, -0.25) is 9.48 Å². The molecule has 1 aliphatic rings. The molecule has 2 aromatic rings. The SMILES string of the molecule is Cc1c(C(=O)N2CCCc3c(N)cccc32)cnn1C. The Morgan fingerprint density at radius 1 is 1.40 bits per heavy atom. The number of aromatic nitrogens is 2. The van der Waals surface area contributed by atoms with Crippen molar-refractivity contribution in [3.05, 3.63) is 41.2 Å². The zero-order valence-corrected chi connectivity index (χ0v) is 11.8. The van der Waals surface area contributed by atoms with Crippen LogP contribution >= 0.6 is 0 Å². The van der Waals surface area contributed by atoms with Gasteiger partial charge in [0.15, 0.2) is 0 Å². The van der Waals surface area contributed by atoms with Crippen LogP contribution in [0.4, 0.5) is 11.4 Å². The van der Waals surface area contributed by atoms with Gasteiger partial charge >= 0.3 is 0 Å². The molecule has 2 heterocycles. The second kappa shape index (κ2) is 4.67. The van der Waals surface area contributed by atoms with E-state index >= 15 is 0 Å². The number of fused-ring (bicyclic) bond motifs is 1. The summed E-state index contributed by atoms with van der Waals surface area (Å²) in [6, 6.07) is 5.76. The van der Waals surface area contributed by atoms with E-state index in [0.29, 0.717) is 5.56 Å². The molecule has 0 spiro atoms. The van der Waals surface area contributed by atoms with E-state index in [1.165, 1.54) is 0 Å². The summed E-state index contributed by atoms with van der Waals surface area (Å²) < 4.78 is 1.72. The minimum Gasteiger partial charge on any atom is -0.398 e. The number of nitrogens with two attached hydrogens (primary N) is 1. The van der Waals surface area contributed by atoms with E-state index in [9.17, 15) is 4.79 Å². The quantitative estimate of drug-likeness (QED) is 0.805. The van der Waals surface area contributed by atoms with Gasteiger partial charge in [0.2, 0.25) is 0 Å². The zero-order chi connectivity index (χ0) is 14.3. The number of carbonyl (C=O) groups excluding carboxylic acids is 1. The molecule has 0 saturated carbocycles. The Kier molecular flexibility index (Phi) is 2.97. The van der Waals surface area contributed by atoms with Crippen LogP contribution in [-0.2, 0) is 13.5 Å². The first-order valence-corrected chi connectivity index (χ1v) is 6.77. The number of carbonyl (C=O) groups is 1. The Labute approximate surface area is 118 Å². The third kappa shape index (κ3) is 1.86. The van der Waals surface area contributed by atoms with E-state index in [1.54, 1.807) is 10.9 Å². The number of anilines is 2. The van der Waals surface area contributed by atoms with Crippen LogP contribution in [0.25, 0.3) is 0 Å². The first-order valence-electron chi connectivity index (χ1n) is 6.77. The van der Waals surface area contributed by atoms with Crippen molar-refractivity contribution in [1.29, 1.82) is 0 Å². The predicted octanol–water partition coefficient (Wildman–Crippen LogP) is 1.90. The van der Waals surface area contributed by atoms with Crippen molar-refractivity contribution in [3.8, 4) is 0 Å². The Balaban J connectivity index is 2.03. The van der Waals surface area contributed by atoms with E-state index in [4.69, 9.17) is 5.73 Å². The Morgan fingerprint density at radius 3 is 2.90 bits per heavy atom. The highest BCUT2D eigenvalue weighted by Gasteiger charge is 2.26. The molecule has 2 N–H and O–H groups in total. The molecule has 0 aliphatic carbocycles. The van der Waals surface area contributed by atoms with Crippen LogP contribution in [0, 0.1) is 6.92 Å². The van der Waals surface area contributed by atoms with E-state index < -0.39 is 0 Å². The van der Waals surface area contributed by atoms with Crippen molar-refractivity contribution in [2.75, 3.05) is 17.2 Å². The summed E-state index contributed by atoms with van der Waals surface area (Å²) in [6.45, 7) is 2.63. The molecule has 1 aromatic heterocycles. The summed E-state index contributed by atoms with van der Waals surface area (Å²) in [4.78, 5) is 14.6. The summed E-state index contributed by atoms with van der Waals surface area (Å²) in [6.07, 6.45) is 3.50. The fraction of sp³-hybridized carbons (Fsp3) is 0.333. The van der Waals surface area contributed by atoms with Crippen LogP contribution in [0.2, 0.25) is 0 Å². The first-order chi connectivity index (χ1) is 9.59. The number of hydrogen-bond acceptors (Lipinski definition) is 3. The third-order valence-electron chi connectivity index (χ3n) is 4.00. The van der Waals surface area contributed by atoms with Crippen LogP contribution in [0.1, 0.15) is 28.0 Å². The Morgan fingerprint density at radius 2 is 2.20 bits per heavy atom. The van der Waals surface area contributed by atoms with Crippen molar-refractivity contribution in [2.24, 2.45) is 7.05 Å². The average molecular weight is 270 g/mol. The van der Waals surface area contributed by atoms with E-state index in [-0.39, 0.29) is 5.91 Å². The molecule has 0 unspecified atom stereocenters. The normalized spacial score (nSPS) is 14.2. The lowest BCUT2D eigenvalue weighted by Gasteiger charge is -2.30. The van der Waals surface area contributed by atoms with Gasteiger partial charge in [-0.1, -0.05) is 6.07 Å². The van der Waals surface area contributed by atoms with E-state index in [1.807, 2.05) is 37.1 Å². The summed E-state index contributed by atoms with van der Waals surface area (Å²) >= 11 is 0. The number of hydrogen-bond donors (Lipinski definition) is 1. The molecule has 0 fully saturated rings. The highest BCUT2D eigenvalue weighted by atomic mass is 16.2. The largest absolute Gasteiger partial charge is 0.398 e. The van der Waals surface area contributed by atoms with Gasteiger partial charge in [-0.25, -0.2) is 0 Å². The smallest absolute Gasteiger partial charge is 0.261 e. The topological polar surface area (TPSA) is 64.2 Å².